The first-order valence-corrected chi connectivity index (χ1v) is 8.69. The molecule has 1 aromatic carbocycles. The van der Waals surface area contributed by atoms with E-state index in [-0.39, 0.29) is 25.1 Å². The number of aryl methyl sites for hydroxylation is 1. The van der Waals surface area contributed by atoms with E-state index in [0.29, 0.717) is 27.3 Å². The molecule has 1 heterocycles. The lowest BCUT2D eigenvalue weighted by Gasteiger charge is -2.12. The van der Waals surface area contributed by atoms with Crippen LogP contribution in [0.25, 0.3) is 11.0 Å². The number of hydrogen-bond acceptors (Lipinski definition) is 6. The highest BCUT2D eigenvalue weighted by molar-refractivity contribution is 6.32. The Labute approximate surface area is 161 Å². The van der Waals surface area contributed by atoms with Gasteiger partial charge in [0.25, 0.3) is 0 Å². The van der Waals surface area contributed by atoms with Crippen LogP contribution in [0.15, 0.2) is 33.5 Å². The van der Waals surface area contributed by atoms with E-state index in [1.165, 1.54) is 6.07 Å². The maximum atomic E-state index is 12.3. The van der Waals surface area contributed by atoms with Crippen LogP contribution in [0, 0.1) is 6.92 Å². The molecule has 3 N–H and O–H groups in total. The van der Waals surface area contributed by atoms with Gasteiger partial charge in [0, 0.05) is 18.0 Å². The molecule has 1 atom stereocenters. The van der Waals surface area contributed by atoms with Gasteiger partial charge in [0.2, 0.25) is 5.91 Å². The SMILES string of the molecule is C=C(C)COc1cc2oc(=O)c(CC(=O)NC[C@H](O)CO)c(C)c2cc1Cl. The zero-order valence-corrected chi connectivity index (χ0v) is 15.9. The molecule has 8 heteroatoms. The number of benzene rings is 1. The molecule has 146 valence electrons. The number of rotatable bonds is 8. The number of carbonyl (C=O) groups is 1. The molecule has 2 aromatic rings. The molecule has 1 aromatic heterocycles. The fourth-order valence-corrected chi connectivity index (χ4v) is 2.64. The molecule has 0 saturated heterocycles. The van der Waals surface area contributed by atoms with Crippen LogP contribution >= 0.6 is 11.6 Å². The number of aliphatic hydroxyl groups is 2. The molecule has 0 unspecified atom stereocenters. The van der Waals surface area contributed by atoms with E-state index in [9.17, 15) is 14.7 Å². The van der Waals surface area contributed by atoms with Crippen molar-refractivity contribution in [3.05, 3.63) is 50.9 Å². The standard InChI is InChI=1S/C19H22ClNO6/c1-10(2)9-26-17-6-16-13(4-15(17)20)11(3)14(19(25)27-16)5-18(24)21-7-12(23)8-22/h4,6,12,22-23H,1,5,7-9H2,2-3H3,(H,21,24)/t12-/m0/s1. The number of aliphatic hydroxyl groups excluding tert-OH is 2. The summed E-state index contributed by atoms with van der Waals surface area (Å²) in [5.74, 6) is -0.0945. The molecule has 0 aliphatic rings. The monoisotopic (exact) mass is 395 g/mol. The van der Waals surface area contributed by atoms with Crippen molar-refractivity contribution in [2.24, 2.45) is 0 Å². The molecule has 27 heavy (non-hydrogen) atoms. The molecule has 2 rings (SSSR count). The van der Waals surface area contributed by atoms with Gasteiger partial charge in [0.1, 0.15) is 17.9 Å². The maximum Gasteiger partial charge on any atom is 0.340 e. The van der Waals surface area contributed by atoms with E-state index >= 15 is 0 Å². The molecular weight excluding hydrogens is 374 g/mol. The molecule has 0 saturated carbocycles. The Morgan fingerprint density at radius 3 is 2.78 bits per heavy atom. The largest absolute Gasteiger partial charge is 0.488 e. The molecule has 1 amide bonds. The maximum absolute atomic E-state index is 12.3. The van der Waals surface area contributed by atoms with Crippen molar-refractivity contribution >= 4 is 28.5 Å². The van der Waals surface area contributed by atoms with Crippen molar-refractivity contribution in [1.82, 2.24) is 5.32 Å². The van der Waals surface area contributed by atoms with Crippen molar-refractivity contribution in [2.75, 3.05) is 19.8 Å². The fraction of sp³-hybridized carbons (Fsp3) is 0.368. The van der Waals surface area contributed by atoms with E-state index in [1.54, 1.807) is 13.0 Å². The number of carbonyl (C=O) groups excluding carboxylic acids is 1. The van der Waals surface area contributed by atoms with Crippen LogP contribution in [0.4, 0.5) is 0 Å². The second-order valence-electron chi connectivity index (χ2n) is 6.33. The third-order valence-electron chi connectivity index (χ3n) is 3.90. The van der Waals surface area contributed by atoms with Gasteiger partial charge in [-0.25, -0.2) is 4.79 Å². The Morgan fingerprint density at radius 2 is 2.15 bits per heavy atom. The first kappa shape index (κ1) is 21.0. The Balaban J connectivity index is 2.32. The van der Waals surface area contributed by atoms with Crippen LogP contribution in [0.2, 0.25) is 5.02 Å². The fourth-order valence-electron chi connectivity index (χ4n) is 2.42. The number of hydrogen-bond donors (Lipinski definition) is 3. The average molecular weight is 396 g/mol. The molecule has 0 radical (unpaired) electrons. The van der Waals surface area contributed by atoms with Crippen molar-refractivity contribution in [3.63, 3.8) is 0 Å². The lowest BCUT2D eigenvalue weighted by molar-refractivity contribution is -0.121. The van der Waals surface area contributed by atoms with Crippen LogP contribution in [0.5, 0.6) is 5.75 Å². The predicted octanol–water partition coefficient (Wildman–Crippen LogP) is 1.72. The molecule has 0 fully saturated rings. The summed E-state index contributed by atoms with van der Waals surface area (Å²) < 4.78 is 10.9. The van der Waals surface area contributed by atoms with E-state index in [4.69, 9.17) is 25.9 Å². The Morgan fingerprint density at radius 1 is 1.44 bits per heavy atom. The lowest BCUT2D eigenvalue weighted by Crippen LogP contribution is -2.35. The summed E-state index contributed by atoms with van der Waals surface area (Å²) >= 11 is 6.25. The summed E-state index contributed by atoms with van der Waals surface area (Å²) in [6.45, 7) is 6.98. The summed E-state index contributed by atoms with van der Waals surface area (Å²) in [7, 11) is 0. The van der Waals surface area contributed by atoms with Crippen LogP contribution in [-0.2, 0) is 11.2 Å². The van der Waals surface area contributed by atoms with Gasteiger partial charge in [-0.1, -0.05) is 18.2 Å². The third-order valence-corrected chi connectivity index (χ3v) is 4.19. The highest BCUT2D eigenvalue weighted by Crippen LogP contribution is 2.32. The normalized spacial score (nSPS) is 12.0. The lowest BCUT2D eigenvalue weighted by atomic mass is 10.0. The summed E-state index contributed by atoms with van der Waals surface area (Å²) in [4.78, 5) is 24.3. The van der Waals surface area contributed by atoms with Gasteiger partial charge in [-0.2, -0.15) is 0 Å². The summed E-state index contributed by atoms with van der Waals surface area (Å²) in [5, 5.41) is 21.4. The minimum Gasteiger partial charge on any atom is -0.488 e. The van der Waals surface area contributed by atoms with Crippen LogP contribution < -0.4 is 15.7 Å². The number of ether oxygens (including phenoxy) is 1. The van der Waals surface area contributed by atoms with Crippen LogP contribution in [0.1, 0.15) is 18.1 Å². The van der Waals surface area contributed by atoms with E-state index in [2.05, 4.69) is 11.9 Å². The van der Waals surface area contributed by atoms with Crippen LogP contribution in [0.3, 0.4) is 0 Å². The second-order valence-corrected chi connectivity index (χ2v) is 6.74. The van der Waals surface area contributed by atoms with Crippen LogP contribution in [-0.4, -0.2) is 42.0 Å². The van der Waals surface area contributed by atoms with Gasteiger partial charge >= 0.3 is 5.63 Å². The third kappa shape index (κ3) is 5.32. The summed E-state index contributed by atoms with van der Waals surface area (Å²) in [5.41, 5.74) is 1.26. The van der Waals surface area contributed by atoms with Gasteiger partial charge in [-0.15, -0.1) is 0 Å². The van der Waals surface area contributed by atoms with Gasteiger partial charge in [-0.3, -0.25) is 4.79 Å². The van der Waals surface area contributed by atoms with E-state index in [0.717, 1.165) is 5.57 Å². The molecule has 0 spiro atoms. The highest BCUT2D eigenvalue weighted by Gasteiger charge is 2.17. The Kier molecular flexibility index (Phi) is 7.01. The molecule has 0 bridgehead atoms. The minimum atomic E-state index is -1.06. The van der Waals surface area contributed by atoms with Crippen molar-refractivity contribution in [3.8, 4) is 5.75 Å². The second kappa shape index (κ2) is 9.03. The predicted molar refractivity (Wildman–Crippen MR) is 102 cm³/mol. The molecule has 0 aliphatic heterocycles. The van der Waals surface area contributed by atoms with Crippen molar-refractivity contribution in [1.29, 1.82) is 0 Å². The highest BCUT2D eigenvalue weighted by atomic mass is 35.5. The molecule has 0 aliphatic carbocycles. The zero-order valence-electron chi connectivity index (χ0n) is 15.2. The number of nitrogens with one attached hydrogen (secondary N) is 1. The summed E-state index contributed by atoms with van der Waals surface area (Å²) in [6, 6.07) is 3.16. The minimum absolute atomic E-state index is 0.109. The molecule has 7 nitrogen and oxygen atoms in total. The van der Waals surface area contributed by atoms with Gasteiger partial charge in [0.05, 0.1) is 29.7 Å². The topological polar surface area (TPSA) is 109 Å². The Hall–Kier alpha value is -2.35. The van der Waals surface area contributed by atoms with Crippen molar-refractivity contribution < 1.29 is 24.2 Å². The van der Waals surface area contributed by atoms with Gasteiger partial charge < -0.3 is 24.7 Å². The Bertz CT molecular complexity index is 921. The average Bonchev–Trinajstić information content (AvgIpc) is 2.62. The number of halogens is 1. The zero-order chi connectivity index (χ0) is 20.1. The number of amides is 1. The number of fused-ring (bicyclic) bond motifs is 1. The van der Waals surface area contributed by atoms with Gasteiger partial charge in [-0.05, 0) is 31.1 Å². The first-order valence-electron chi connectivity index (χ1n) is 8.31. The first-order chi connectivity index (χ1) is 12.7. The summed E-state index contributed by atoms with van der Waals surface area (Å²) in [6.07, 6.45) is -1.27. The molecular formula is C19H22ClNO6. The van der Waals surface area contributed by atoms with Gasteiger partial charge in [0.15, 0.2) is 0 Å². The van der Waals surface area contributed by atoms with E-state index in [1.807, 2.05) is 6.92 Å². The smallest absolute Gasteiger partial charge is 0.340 e. The quantitative estimate of drug-likeness (QED) is 0.464. The van der Waals surface area contributed by atoms with E-state index < -0.39 is 24.2 Å². The van der Waals surface area contributed by atoms with Crippen molar-refractivity contribution in [2.45, 2.75) is 26.4 Å².